The quantitative estimate of drug-likeness (QED) is 0.295. The van der Waals surface area contributed by atoms with Crippen LogP contribution >= 0.6 is 0 Å². The molecule has 0 saturated heterocycles. The first kappa shape index (κ1) is 21.4. The first-order valence-electron chi connectivity index (χ1n) is 8.50. The molecule has 4 nitrogen and oxygen atoms in total. The molecule has 0 aliphatic rings. The SMILES string of the molecule is CCN(C)/C=N/c1ccc(C(=O)OCc2cccc(C(F)(F)F)c2)c(C)c1F. The van der Waals surface area contributed by atoms with Crippen molar-refractivity contribution in [2.75, 3.05) is 13.6 Å². The molecule has 0 unspecified atom stereocenters. The van der Waals surface area contributed by atoms with Gasteiger partial charge in [0, 0.05) is 19.2 Å². The van der Waals surface area contributed by atoms with E-state index in [9.17, 15) is 22.4 Å². The third-order valence-corrected chi connectivity index (χ3v) is 4.10. The number of ether oxygens (including phenoxy) is 1. The summed E-state index contributed by atoms with van der Waals surface area (Å²) >= 11 is 0. The van der Waals surface area contributed by atoms with Crippen molar-refractivity contribution in [3.05, 3.63) is 64.5 Å². The van der Waals surface area contributed by atoms with Crippen molar-refractivity contribution >= 4 is 18.0 Å². The zero-order valence-electron chi connectivity index (χ0n) is 15.7. The van der Waals surface area contributed by atoms with Crippen LogP contribution in [0.15, 0.2) is 41.4 Å². The van der Waals surface area contributed by atoms with Crippen LogP contribution in [0.1, 0.15) is 34.0 Å². The van der Waals surface area contributed by atoms with Gasteiger partial charge in [0.15, 0.2) is 5.82 Å². The number of hydrogen-bond acceptors (Lipinski definition) is 3. The number of esters is 1. The lowest BCUT2D eigenvalue weighted by Crippen LogP contribution is -2.14. The molecule has 2 aromatic carbocycles. The first-order chi connectivity index (χ1) is 13.1. The molecule has 2 rings (SSSR count). The molecule has 28 heavy (non-hydrogen) atoms. The Morgan fingerprint density at radius 2 is 1.96 bits per heavy atom. The van der Waals surface area contributed by atoms with E-state index < -0.39 is 23.5 Å². The number of carbonyl (C=O) groups is 1. The summed E-state index contributed by atoms with van der Waals surface area (Å²) < 4.78 is 57.7. The van der Waals surface area contributed by atoms with Gasteiger partial charge in [0.05, 0.1) is 17.5 Å². The lowest BCUT2D eigenvalue weighted by molar-refractivity contribution is -0.137. The van der Waals surface area contributed by atoms with Crippen molar-refractivity contribution in [2.24, 2.45) is 4.99 Å². The Balaban J connectivity index is 2.13. The van der Waals surface area contributed by atoms with E-state index in [1.807, 2.05) is 6.92 Å². The van der Waals surface area contributed by atoms with Gasteiger partial charge >= 0.3 is 12.1 Å². The minimum atomic E-state index is -4.48. The van der Waals surface area contributed by atoms with E-state index in [1.165, 1.54) is 37.5 Å². The third kappa shape index (κ3) is 5.31. The monoisotopic (exact) mass is 396 g/mol. The molecule has 2 aromatic rings. The van der Waals surface area contributed by atoms with E-state index >= 15 is 0 Å². The summed E-state index contributed by atoms with van der Waals surface area (Å²) in [5, 5.41) is 0. The molecule has 0 atom stereocenters. The van der Waals surface area contributed by atoms with E-state index in [0.29, 0.717) is 6.54 Å². The van der Waals surface area contributed by atoms with Crippen LogP contribution < -0.4 is 0 Å². The standard InChI is InChI=1S/C20H20F4N2O2/c1-4-26(3)12-25-17-9-8-16(13(2)18(17)21)19(27)28-11-14-6-5-7-15(10-14)20(22,23)24/h5-10,12H,4,11H2,1-3H3/b25-12+. The van der Waals surface area contributed by atoms with Crippen LogP contribution in [0.4, 0.5) is 23.2 Å². The van der Waals surface area contributed by atoms with Gasteiger partial charge < -0.3 is 9.64 Å². The maximum absolute atomic E-state index is 14.5. The average molecular weight is 396 g/mol. The number of aliphatic imine (C=N–C) groups is 1. The molecule has 8 heteroatoms. The second-order valence-corrected chi connectivity index (χ2v) is 6.16. The van der Waals surface area contributed by atoms with Gasteiger partial charge in [0.2, 0.25) is 0 Å². The van der Waals surface area contributed by atoms with Gasteiger partial charge in [-0.2, -0.15) is 13.2 Å². The van der Waals surface area contributed by atoms with Crippen LogP contribution in [0.2, 0.25) is 0 Å². The number of rotatable bonds is 6. The molecule has 150 valence electrons. The Bertz CT molecular complexity index is 879. The van der Waals surface area contributed by atoms with Gasteiger partial charge in [-0.25, -0.2) is 14.2 Å². The Labute approximate surface area is 160 Å². The van der Waals surface area contributed by atoms with E-state index in [2.05, 4.69) is 4.99 Å². The van der Waals surface area contributed by atoms with Crippen molar-refractivity contribution in [2.45, 2.75) is 26.6 Å². The lowest BCUT2D eigenvalue weighted by Gasteiger charge is -2.12. The highest BCUT2D eigenvalue weighted by atomic mass is 19.4. The molecular formula is C20H20F4N2O2. The minimum Gasteiger partial charge on any atom is -0.457 e. The van der Waals surface area contributed by atoms with E-state index in [1.54, 1.807) is 11.9 Å². The van der Waals surface area contributed by atoms with Gasteiger partial charge in [0.1, 0.15) is 12.3 Å². The van der Waals surface area contributed by atoms with E-state index in [0.717, 1.165) is 12.1 Å². The highest BCUT2D eigenvalue weighted by Gasteiger charge is 2.30. The topological polar surface area (TPSA) is 41.9 Å². The van der Waals surface area contributed by atoms with Gasteiger partial charge in [-0.15, -0.1) is 0 Å². The Morgan fingerprint density at radius 1 is 1.25 bits per heavy atom. The Kier molecular flexibility index (Phi) is 6.77. The summed E-state index contributed by atoms with van der Waals surface area (Å²) in [6, 6.07) is 7.21. The molecule has 0 saturated carbocycles. The summed E-state index contributed by atoms with van der Waals surface area (Å²) in [5.41, 5.74) is -0.519. The maximum atomic E-state index is 14.5. The van der Waals surface area contributed by atoms with Crippen LogP contribution in [0.3, 0.4) is 0 Å². The average Bonchev–Trinajstić information content (AvgIpc) is 2.66. The van der Waals surface area contributed by atoms with Crippen molar-refractivity contribution in [3.63, 3.8) is 0 Å². The van der Waals surface area contributed by atoms with E-state index in [-0.39, 0.29) is 29.0 Å². The van der Waals surface area contributed by atoms with Crippen molar-refractivity contribution in [1.29, 1.82) is 0 Å². The minimum absolute atomic E-state index is 0.00716. The molecule has 0 fully saturated rings. The zero-order chi connectivity index (χ0) is 20.9. The molecule has 0 aliphatic heterocycles. The van der Waals surface area contributed by atoms with Gasteiger partial charge in [0.25, 0.3) is 0 Å². The fraction of sp³-hybridized carbons (Fsp3) is 0.300. The van der Waals surface area contributed by atoms with Crippen molar-refractivity contribution < 1.29 is 27.1 Å². The van der Waals surface area contributed by atoms with Gasteiger partial charge in [-0.1, -0.05) is 12.1 Å². The fourth-order valence-electron chi connectivity index (χ4n) is 2.30. The smallest absolute Gasteiger partial charge is 0.416 e. The second-order valence-electron chi connectivity index (χ2n) is 6.16. The molecule has 0 spiro atoms. The molecule has 0 heterocycles. The summed E-state index contributed by atoms with van der Waals surface area (Å²) in [4.78, 5) is 18.0. The number of benzene rings is 2. The predicted molar refractivity (Wildman–Crippen MR) is 98.2 cm³/mol. The molecule has 0 amide bonds. The van der Waals surface area contributed by atoms with Crippen LogP contribution in [-0.2, 0) is 17.5 Å². The predicted octanol–water partition coefficient (Wildman–Crippen LogP) is 5.12. The van der Waals surface area contributed by atoms with Crippen molar-refractivity contribution in [1.82, 2.24) is 4.90 Å². The third-order valence-electron chi connectivity index (χ3n) is 4.10. The zero-order valence-corrected chi connectivity index (χ0v) is 15.7. The number of carbonyl (C=O) groups excluding carboxylic acids is 1. The number of halogens is 4. The van der Waals surface area contributed by atoms with Crippen molar-refractivity contribution in [3.8, 4) is 0 Å². The molecule has 0 radical (unpaired) electrons. The summed E-state index contributed by atoms with van der Waals surface area (Å²) in [7, 11) is 1.79. The number of alkyl halides is 3. The van der Waals surface area contributed by atoms with Crippen LogP contribution in [0.25, 0.3) is 0 Å². The first-order valence-corrected chi connectivity index (χ1v) is 8.50. The van der Waals surface area contributed by atoms with Crippen LogP contribution in [0.5, 0.6) is 0 Å². The second kappa shape index (κ2) is 8.86. The molecule has 0 bridgehead atoms. The van der Waals surface area contributed by atoms with Crippen LogP contribution in [0, 0.1) is 12.7 Å². The van der Waals surface area contributed by atoms with E-state index in [4.69, 9.17) is 4.74 Å². The molecule has 0 aliphatic carbocycles. The fourth-order valence-corrected chi connectivity index (χ4v) is 2.30. The normalized spacial score (nSPS) is 11.7. The highest BCUT2D eigenvalue weighted by molar-refractivity contribution is 5.91. The summed E-state index contributed by atoms with van der Waals surface area (Å²) in [6.07, 6.45) is -3.01. The molecular weight excluding hydrogens is 376 g/mol. The maximum Gasteiger partial charge on any atom is 0.416 e. The van der Waals surface area contributed by atoms with Gasteiger partial charge in [-0.05, 0) is 43.7 Å². The largest absolute Gasteiger partial charge is 0.457 e. The Hall–Kier alpha value is -2.90. The summed E-state index contributed by atoms with van der Waals surface area (Å²) in [6.45, 7) is 3.67. The molecule has 0 N–H and O–H groups in total. The molecule has 0 aromatic heterocycles. The number of nitrogens with zero attached hydrogens (tertiary/aromatic N) is 2. The number of hydrogen-bond donors (Lipinski definition) is 0. The highest BCUT2D eigenvalue weighted by Crippen LogP contribution is 2.30. The van der Waals surface area contributed by atoms with Gasteiger partial charge in [-0.3, -0.25) is 0 Å². The lowest BCUT2D eigenvalue weighted by atomic mass is 10.1. The van der Waals surface area contributed by atoms with Crippen LogP contribution in [-0.4, -0.2) is 30.8 Å². The Morgan fingerprint density at radius 3 is 2.61 bits per heavy atom. The summed E-state index contributed by atoms with van der Waals surface area (Å²) in [5.74, 6) is -1.48.